The number of rotatable bonds is 13. The molecule has 2 saturated heterocycles. The Balaban J connectivity index is 2.00. The molecule has 0 spiro atoms. The number of carbonyl (C=O) groups is 1. The predicted molar refractivity (Wildman–Crippen MR) is 117 cm³/mol. The van der Waals surface area contributed by atoms with Gasteiger partial charge >= 0.3 is 0 Å². The first-order valence-corrected chi connectivity index (χ1v) is 12.0. The minimum atomic E-state index is -1.56. The van der Waals surface area contributed by atoms with Crippen LogP contribution >= 0.6 is 0 Å². The SMILES string of the molecule is CCCCCCCCO[C@@H]1O[C@H](CO)[C@H](O[C@@H]2O[C@H](CO)[C@H](O)[C@H](O)[C@H]2NC(C)=O)[C@H](O)[C@H]1O. The van der Waals surface area contributed by atoms with Gasteiger partial charge in [0.1, 0.15) is 48.8 Å². The number of nitrogens with one attached hydrogen (secondary N) is 1. The van der Waals surface area contributed by atoms with Crippen molar-refractivity contribution in [3.05, 3.63) is 0 Å². The Morgan fingerprint density at radius 3 is 2.06 bits per heavy atom. The molecule has 2 aliphatic rings. The second kappa shape index (κ2) is 14.6. The molecule has 0 aromatic carbocycles. The highest BCUT2D eigenvalue weighted by molar-refractivity contribution is 5.73. The molecule has 2 fully saturated rings. The summed E-state index contributed by atoms with van der Waals surface area (Å²) < 4.78 is 22.5. The lowest BCUT2D eigenvalue weighted by atomic mass is 9.95. The topological polar surface area (TPSA) is 187 Å². The maximum absolute atomic E-state index is 11.6. The fourth-order valence-electron chi connectivity index (χ4n) is 4.18. The molecule has 0 saturated carbocycles. The second-order valence-corrected chi connectivity index (χ2v) is 8.88. The van der Waals surface area contributed by atoms with E-state index in [1.165, 1.54) is 13.3 Å². The molecule has 2 heterocycles. The molecule has 200 valence electrons. The molecular formula is C22H41NO11. The van der Waals surface area contributed by atoms with E-state index >= 15 is 0 Å². The molecule has 12 nitrogen and oxygen atoms in total. The van der Waals surface area contributed by atoms with Gasteiger partial charge in [-0.15, -0.1) is 0 Å². The van der Waals surface area contributed by atoms with Gasteiger partial charge in [-0.3, -0.25) is 4.79 Å². The molecule has 0 unspecified atom stereocenters. The van der Waals surface area contributed by atoms with Crippen LogP contribution in [0.15, 0.2) is 0 Å². The molecule has 34 heavy (non-hydrogen) atoms. The highest BCUT2D eigenvalue weighted by Gasteiger charge is 2.51. The average Bonchev–Trinajstić information content (AvgIpc) is 2.81. The zero-order chi connectivity index (χ0) is 25.3. The number of aliphatic hydroxyl groups excluding tert-OH is 6. The number of ether oxygens (including phenoxy) is 4. The molecule has 0 aromatic heterocycles. The summed E-state index contributed by atoms with van der Waals surface area (Å²) in [7, 11) is 0. The molecule has 0 aliphatic carbocycles. The van der Waals surface area contributed by atoms with E-state index in [9.17, 15) is 35.4 Å². The number of hydrogen-bond donors (Lipinski definition) is 7. The lowest BCUT2D eigenvalue weighted by Crippen LogP contribution is -2.67. The quantitative estimate of drug-likeness (QED) is 0.142. The Kier molecular flexibility index (Phi) is 12.6. The normalized spacial score (nSPS) is 38.6. The molecule has 12 heteroatoms. The van der Waals surface area contributed by atoms with Crippen LogP contribution in [-0.4, -0.2) is 118 Å². The minimum Gasteiger partial charge on any atom is -0.394 e. The number of carbonyl (C=O) groups excluding carboxylic acids is 1. The van der Waals surface area contributed by atoms with E-state index < -0.39 is 80.5 Å². The van der Waals surface area contributed by atoms with Gasteiger partial charge in [0.25, 0.3) is 0 Å². The summed E-state index contributed by atoms with van der Waals surface area (Å²) in [6.45, 7) is 2.41. The third-order valence-corrected chi connectivity index (χ3v) is 6.14. The van der Waals surface area contributed by atoms with Gasteiger partial charge in [0.15, 0.2) is 12.6 Å². The summed E-state index contributed by atoms with van der Waals surface area (Å²) in [5.74, 6) is -0.543. The van der Waals surface area contributed by atoms with Crippen molar-refractivity contribution in [2.75, 3.05) is 19.8 Å². The fraction of sp³-hybridized carbons (Fsp3) is 0.955. The van der Waals surface area contributed by atoms with Crippen LogP contribution in [0.3, 0.4) is 0 Å². The molecular weight excluding hydrogens is 454 g/mol. The lowest BCUT2D eigenvalue weighted by Gasteiger charge is -2.47. The van der Waals surface area contributed by atoms with Gasteiger partial charge in [0, 0.05) is 13.5 Å². The predicted octanol–water partition coefficient (Wildman–Crippen LogP) is -1.87. The lowest BCUT2D eigenvalue weighted by molar-refractivity contribution is -0.347. The highest BCUT2D eigenvalue weighted by Crippen LogP contribution is 2.29. The smallest absolute Gasteiger partial charge is 0.217 e. The highest BCUT2D eigenvalue weighted by atomic mass is 16.7. The van der Waals surface area contributed by atoms with Crippen LogP contribution in [0.5, 0.6) is 0 Å². The van der Waals surface area contributed by atoms with E-state index in [-0.39, 0.29) is 0 Å². The van der Waals surface area contributed by atoms with Crippen molar-refractivity contribution in [3.63, 3.8) is 0 Å². The van der Waals surface area contributed by atoms with E-state index in [0.717, 1.165) is 32.1 Å². The van der Waals surface area contributed by atoms with Crippen LogP contribution in [-0.2, 0) is 23.7 Å². The summed E-state index contributed by atoms with van der Waals surface area (Å²) in [6.07, 6.45) is -6.11. The molecule has 7 N–H and O–H groups in total. The summed E-state index contributed by atoms with van der Waals surface area (Å²) in [6, 6.07) is -1.25. The number of hydrogen-bond acceptors (Lipinski definition) is 11. The molecule has 0 radical (unpaired) electrons. The zero-order valence-electron chi connectivity index (χ0n) is 19.9. The van der Waals surface area contributed by atoms with Crippen molar-refractivity contribution in [3.8, 4) is 0 Å². The third-order valence-electron chi connectivity index (χ3n) is 6.14. The average molecular weight is 496 g/mol. The van der Waals surface area contributed by atoms with Gasteiger partial charge in [-0.05, 0) is 6.42 Å². The summed E-state index contributed by atoms with van der Waals surface area (Å²) >= 11 is 0. The number of aliphatic hydroxyl groups is 6. The van der Waals surface area contributed by atoms with Gasteiger partial charge in [-0.25, -0.2) is 0 Å². The van der Waals surface area contributed by atoms with Crippen LogP contribution in [0.2, 0.25) is 0 Å². The second-order valence-electron chi connectivity index (χ2n) is 8.88. The van der Waals surface area contributed by atoms with Gasteiger partial charge in [0.05, 0.1) is 13.2 Å². The Bertz CT molecular complexity index is 595. The van der Waals surface area contributed by atoms with Crippen LogP contribution in [0.4, 0.5) is 0 Å². The molecule has 10 atom stereocenters. The van der Waals surface area contributed by atoms with E-state index in [2.05, 4.69) is 12.2 Å². The van der Waals surface area contributed by atoms with Gasteiger partial charge in [-0.2, -0.15) is 0 Å². The van der Waals surface area contributed by atoms with Crippen molar-refractivity contribution in [1.82, 2.24) is 5.32 Å². The first-order valence-electron chi connectivity index (χ1n) is 12.0. The van der Waals surface area contributed by atoms with Gasteiger partial charge in [-0.1, -0.05) is 39.0 Å². The van der Waals surface area contributed by atoms with E-state index in [1.54, 1.807) is 0 Å². The van der Waals surface area contributed by atoms with Crippen molar-refractivity contribution < 1.29 is 54.4 Å². The first-order chi connectivity index (χ1) is 16.2. The zero-order valence-corrected chi connectivity index (χ0v) is 19.9. The minimum absolute atomic E-state index is 0.308. The number of amides is 1. The monoisotopic (exact) mass is 495 g/mol. The molecule has 0 bridgehead atoms. The van der Waals surface area contributed by atoms with Crippen molar-refractivity contribution in [2.24, 2.45) is 0 Å². The summed E-state index contributed by atoms with van der Waals surface area (Å²) in [4.78, 5) is 11.6. The standard InChI is InChI=1S/C22H41NO11/c1-3-4-5-6-7-8-9-31-22-19(30)18(29)20(14(11-25)33-22)34-21-15(23-12(2)26)17(28)16(27)13(10-24)32-21/h13-22,24-25,27-30H,3-11H2,1-2H3,(H,23,26)/t13-,14-,15-,16+,17-,18-,19-,20+,21+,22-/m1/s1. The molecule has 2 rings (SSSR count). The Hall–Kier alpha value is -0.930. The van der Waals surface area contributed by atoms with Crippen LogP contribution in [0.1, 0.15) is 52.4 Å². The van der Waals surface area contributed by atoms with E-state index in [0.29, 0.717) is 6.61 Å². The molecule has 1 amide bonds. The summed E-state index contributed by atoms with van der Waals surface area (Å²) in [5, 5.41) is 63.4. The molecule has 0 aromatic rings. The Morgan fingerprint density at radius 1 is 0.824 bits per heavy atom. The Labute approximate surface area is 199 Å². The largest absolute Gasteiger partial charge is 0.394 e. The summed E-state index contributed by atoms with van der Waals surface area (Å²) in [5.41, 5.74) is 0. The van der Waals surface area contributed by atoms with E-state index in [1.807, 2.05) is 0 Å². The van der Waals surface area contributed by atoms with Gasteiger partial charge < -0.3 is 54.9 Å². The third kappa shape index (κ3) is 7.79. The van der Waals surface area contributed by atoms with Crippen molar-refractivity contribution >= 4 is 5.91 Å². The molecule has 2 aliphatic heterocycles. The first kappa shape index (κ1) is 29.3. The van der Waals surface area contributed by atoms with Crippen LogP contribution in [0.25, 0.3) is 0 Å². The van der Waals surface area contributed by atoms with Crippen molar-refractivity contribution in [2.45, 2.75) is 114 Å². The number of unbranched alkanes of at least 4 members (excludes halogenated alkanes) is 5. The van der Waals surface area contributed by atoms with Gasteiger partial charge in [0.2, 0.25) is 5.91 Å². The van der Waals surface area contributed by atoms with Crippen LogP contribution in [0, 0.1) is 0 Å². The van der Waals surface area contributed by atoms with E-state index in [4.69, 9.17) is 18.9 Å². The maximum Gasteiger partial charge on any atom is 0.217 e. The van der Waals surface area contributed by atoms with Crippen LogP contribution < -0.4 is 5.32 Å². The maximum atomic E-state index is 11.6. The Morgan fingerprint density at radius 2 is 1.44 bits per heavy atom. The fourth-order valence-corrected chi connectivity index (χ4v) is 4.18. The van der Waals surface area contributed by atoms with Crippen molar-refractivity contribution in [1.29, 1.82) is 0 Å².